The van der Waals surface area contributed by atoms with Crippen LogP contribution in [0.1, 0.15) is 20.7 Å². The van der Waals surface area contributed by atoms with Crippen molar-refractivity contribution in [3.63, 3.8) is 0 Å². The molecule has 0 fully saturated rings. The summed E-state index contributed by atoms with van der Waals surface area (Å²) >= 11 is 0. The van der Waals surface area contributed by atoms with E-state index in [1.807, 2.05) is 0 Å². The Balaban J connectivity index is 0.00000180. The summed E-state index contributed by atoms with van der Waals surface area (Å²) in [6, 6.07) is 12.8. The van der Waals surface area contributed by atoms with Gasteiger partial charge in [0.15, 0.2) is 0 Å². The number of hydrogen-bond acceptors (Lipinski definition) is 2. The Hall–Kier alpha value is -2.66. The Kier molecular flexibility index (Phi) is 4.39. The minimum absolute atomic E-state index is 0. The van der Waals surface area contributed by atoms with Gasteiger partial charge < -0.3 is 15.7 Å². The molecule has 2 rings (SSSR count). The summed E-state index contributed by atoms with van der Waals surface area (Å²) in [6.07, 6.45) is 0. The van der Waals surface area contributed by atoms with E-state index in [4.69, 9.17) is 10.2 Å². The summed E-state index contributed by atoms with van der Waals surface area (Å²) in [5.74, 6) is -1.94. The first kappa shape index (κ1) is 14.4. The molecule has 5 nitrogen and oxygen atoms in total. The van der Waals surface area contributed by atoms with Gasteiger partial charge in [-0.3, -0.25) is 0 Å². The highest BCUT2D eigenvalue weighted by molar-refractivity contribution is 5.89. The van der Waals surface area contributed by atoms with Crippen molar-refractivity contribution in [2.75, 3.05) is 0 Å². The van der Waals surface area contributed by atoms with Crippen molar-refractivity contribution in [3.8, 4) is 11.1 Å². The summed E-state index contributed by atoms with van der Waals surface area (Å²) < 4.78 is 0. The number of aromatic carboxylic acids is 2. The Morgan fingerprint density at radius 3 is 1.11 bits per heavy atom. The zero-order valence-corrected chi connectivity index (χ0v) is 9.83. The maximum Gasteiger partial charge on any atom is 0.335 e. The van der Waals surface area contributed by atoms with Crippen LogP contribution in [0.5, 0.6) is 0 Å². The standard InChI is InChI=1S/C14H10O4.H2O/c15-13(16)11-5-1-9(2-6-11)10-3-7-12(8-4-10)14(17)18;/h1-8H,(H,15,16)(H,17,18);1H2. The van der Waals surface area contributed by atoms with Crippen LogP contribution in [-0.4, -0.2) is 27.6 Å². The normalized spacial score (nSPS) is 9.47. The molecule has 0 aliphatic rings. The monoisotopic (exact) mass is 260 g/mol. The van der Waals surface area contributed by atoms with Crippen LogP contribution in [0.4, 0.5) is 0 Å². The van der Waals surface area contributed by atoms with Crippen molar-refractivity contribution < 1.29 is 25.3 Å². The van der Waals surface area contributed by atoms with Crippen LogP contribution in [-0.2, 0) is 0 Å². The first-order valence-electron chi connectivity index (χ1n) is 5.25. The van der Waals surface area contributed by atoms with Crippen molar-refractivity contribution in [1.29, 1.82) is 0 Å². The molecule has 0 heterocycles. The van der Waals surface area contributed by atoms with Gasteiger partial charge in [0.2, 0.25) is 0 Å². The zero-order valence-electron chi connectivity index (χ0n) is 9.83. The Morgan fingerprint density at radius 1 is 0.632 bits per heavy atom. The van der Waals surface area contributed by atoms with Crippen LogP contribution >= 0.6 is 0 Å². The molecule has 0 atom stereocenters. The van der Waals surface area contributed by atoms with E-state index < -0.39 is 11.9 Å². The molecule has 19 heavy (non-hydrogen) atoms. The minimum atomic E-state index is -0.970. The Morgan fingerprint density at radius 2 is 0.895 bits per heavy atom. The van der Waals surface area contributed by atoms with Gasteiger partial charge in [0.05, 0.1) is 11.1 Å². The highest BCUT2D eigenvalue weighted by atomic mass is 16.4. The van der Waals surface area contributed by atoms with Crippen LogP contribution in [0.15, 0.2) is 48.5 Å². The average Bonchev–Trinajstić information content (AvgIpc) is 2.39. The molecule has 2 aromatic rings. The molecule has 0 aliphatic carbocycles. The molecule has 0 unspecified atom stereocenters. The number of carbonyl (C=O) groups is 2. The van der Waals surface area contributed by atoms with Crippen molar-refractivity contribution in [1.82, 2.24) is 0 Å². The van der Waals surface area contributed by atoms with E-state index in [1.165, 1.54) is 24.3 Å². The van der Waals surface area contributed by atoms with E-state index in [-0.39, 0.29) is 16.6 Å². The molecule has 4 N–H and O–H groups in total. The molecule has 0 saturated carbocycles. The fourth-order valence-electron chi connectivity index (χ4n) is 1.61. The molecule has 98 valence electrons. The number of carboxylic acid groups (broad SMARTS) is 2. The smallest absolute Gasteiger partial charge is 0.335 e. The number of hydrogen-bond donors (Lipinski definition) is 2. The lowest BCUT2D eigenvalue weighted by atomic mass is 10.0. The molecular formula is C14H12O5. The van der Waals surface area contributed by atoms with Gasteiger partial charge in [0.25, 0.3) is 0 Å². The summed E-state index contributed by atoms with van der Waals surface area (Å²) in [7, 11) is 0. The van der Waals surface area contributed by atoms with E-state index in [2.05, 4.69) is 0 Å². The van der Waals surface area contributed by atoms with Crippen molar-refractivity contribution in [3.05, 3.63) is 59.7 Å². The third kappa shape index (κ3) is 3.17. The molecule has 0 aromatic heterocycles. The van der Waals surface area contributed by atoms with Gasteiger partial charge >= 0.3 is 11.9 Å². The maximum atomic E-state index is 10.7. The SMILES string of the molecule is O.O=C(O)c1ccc(-c2ccc(C(=O)O)cc2)cc1. The lowest BCUT2D eigenvalue weighted by Crippen LogP contribution is -1.96. The molecule has 5 heteroatoms. The lowest BCUT2D eigenvalue weighted by Gasteiger charge is -2.03. The summed E-state index contributed by atoms with van der Waals surface area (Å²) in [6.45, 7) is 0. The molecule has 0 saturated heterocycles. The number of rotatable bonds is 3. The molecule has 0 aliphatic heterocycles. The van der Waals surface area contributed by atoms with Gasteiger partial charge in [-0.2, -0.15) is 0 Å². The predicted molar refractivity (Wildman–Crippen MR) is 69.4 cm³/mol. The van der Waals surface area contributed by atoms with Gasteiger partial charge in [-0.05, 0) is 35.4 Å². The first-order valence-corrected chi connectivity index (χ1v) is 5.25. The fraction of sp³-hybridized carbons (Fsp3) is 0. The van der Waals surface area contributed by atoms with E-state index in [0.717, 1.165) is 11.1 Å². The van der Waals surface area contributed by atoms with Gasteiger partial charge in [-0.15, -0.1) is 0 Å². The van der Waals surface area contributed by atoms with Crippen LogP contribution in [0.3, 0.4) is 0 Å². The van der Waals surface area contributed by atoms with Crippen molar-refractivity contribution >= 4 is 11.9 Å². The minimum Gasteiger partial charge on any atom is -0.478 e. The van der Waals surface area contributed by atoms with Gasteiger partial charge in [0, 0.05) is 0 Å². The molecule has 2 aromatic carbocycles. The molecule has 0 amide bonds. The van der Waals surface area contributed by atoms with E-state index in [9.17, 15) is 9.59 Å². The van der Waals surface area contributed by atoms with Crippen LogP contribution in [0, 0.1) is 0 Å². The average molecular weight is 260 g/mol. The summed E-state index contributed by atoms with van der Waals surface area (Å²) in [4.78, 5) is 21.4. The van der Waals surface area contributed by atoms with Crippen molar-refractivity contribution in [2.45, 2.75) is 0 Å². The number of benzene rings is 2. The third-order valence-electron chi connectivity index (χ3n) is 2.60. The highest BCUT2D eigenvalue weighted by Gasteiger charge is 2.05. The molecular weight excluding hydrogens is 248 g/mol. The maximum absolute atomic E-state index is 10.7. The largest absolute Gasteiger partial charge is 0.478 e. The van der Waals surface area contributed by atoms with E-state index >= 15 is 0 Å². The Labute approximate surface area is 109 Å². The zero-order chi connectivity index (χ0) is 13.1. The van der Waals surface area contributed by atoms with Crippen LogP contribution in [0.25, 0.3) is 11.1 Å². The highest BCUT2D eigenvalue weighted by Crippen LogP contribution is 2.20. The van der Waals surface area contributed by atoms with Crippen LogP contribution < -0.4 is 0 Å². The second kappa shape index (κ2) is 5.79. The van der Waals surface area contributed by atoms with Crippen LogP contribution in [0.2, 0.25) is 0 Å². The quantitative estimate of drug-likeness (QED) is 0.879. The van der Waals surface area contributed by atoms with E-state index in [0.29, 0.717) is 0 Å². The van der Waals surface area contributed by atoms with Gasteiger partial charge in [0.1, 0.15) is 0 Å². The number of carboxylic acids is 2. The first-order chi connectivity index (χ1) is 8.58. The molecule has 0 radical (unpaired) electrons. The van der Waals surface area contributed by atoms with Crippen molar-refractivity contribution in [2.24, 2.45) is 0 Å². The second-order valence-corrected chi connectivity index (χ2v) is 3.77. The fourth-order valence-corrected chi connectivity index (χ4v) is 1.61. The second-order valence-electron chi connectivity index (χ2n) is 3.77. The lowest BCUT2D eigenvalue weighted by molar-refractivity contribution is 0.0686. The Bertz CT molecular complexity index is 529. The predicted octanol–water partition coefficient (Wildman–Crippen LogP) is 1.93. The van der Waals surface area contributed by atoms with E-state index in [1.54, 1.807) is 24.3 Å². The summed E-state index contributed by atoms with van der Waals surface area (Å²) in [5.41, 5.74) is 2.13. The third-order valence-corrected chi connectivity index (χ3v) is 2.60. The van der Waals surface area contributed by atoms with Gasteiger partial charge in [-0.25, -0.2) is 9.59 Å². The molecule has 0 bridgehead atoms. The van der Waals surface area contributed by atoms with Gasteiger partial charge in [-0.1, -0.05) is 24.3 Å². The topological polar surface area (TPSA) is 106 Å². The molecule has 0 spiro atoms. The summed E-state index contributed by atoms with van der Waals surface area (Å²) in [5, 5.41) is 17.6.